The Labute approximate surface area is 240 Å². The molecule has 3 heterocycles. The number of carbonyl (C=O) groups excluding carboxylic acids is 2. The highest BCUT2D eigenvalue weighted by Gasteiger charge is 2.31. The van der Waals surface area contributed by atoms with E-state index in [1.807, 2.05) is 6.92 Å². The average Bonchev–Trinajstić information content (AvgIpc) is 3.67. The lowest BCUT2D eigenvalue weighted by atomic mass is 10.1. The molecule has 1 saturated heterocycles. The number of aromatic amines is 1. The summed E-state index contributed by atoms with van der Waals surface area (Å²) in [6.45, 7) is 2.45. The number of amides is 2. The molecule has 0 spiro atoms. The molecule has 2 amide bonds. The van der Waals surface area contributed by atoms with Gasteiger partial charge in [-0.1, -0.05) is 6.07 Å². The number of rotatable bonds is 8. The van der Waals surface area contributed by atoms with Gasteiger partial charge in [-0.25, -0.2) is 8.78 Å². The minimum atomic E-state index is -0.883. The highest BCUT2D eigenvalue weighted by molar-refractivity contribution is 5.95. The van der Waals surface area contributed by atoms with Crippen LogP contribution in [0.2, 0.25) is 0 Å². The molecule has 4 N–H and O–H groups in total. The molecular formula is C30H29F2N5O5. The van der Waals surface area contributed by atoms with Crippen molar-refractivity contribution in [2.24, 2.45) is 5.92 Å². The van der Waals surface area contributed by atoms with Crippen LogP contribution in [0.25, 0.3) is 11.4 Å². The monoisotopic (exact) mass is 577 g/mol. The van der Waals surface area contributed by atoms with Crippen LogP contribution in [0.3, 0.4) is 0 Å². The lowest BCUT2D eigenvalue weighted by Crippen LogP contribution is -2.29. The second-order valence-electron chi connectivity index (χ2n) is 9.49. The Morgan fingerprint density at radius 3 is 2.55 bits per heavy atom. The number of halogens is 2. The Balaban J connectivity index is 0.000000310. The van der Waals surface area contributed by atoms with Gasteiger partial charge in [0.15, 0.2) is 0 Å². The van der Waals surface area contributed by atoms with Crippen LogP contribution in [0.4, 0.5) is 20.2 Å². The van der Waals surface area contributed by atoms with Gasteiger partial charge in [-0.2, -0.15) is 0 Å². The first-order chi connectivity index (χ1) is 20.2. The Morgan fingerprint density at radius 2 is 1.86 bits per heavy atom. The summed E-state index contributed by atoms with van der Waals surface area (Å²) in [4.78, 5) is 42.6. The van der Waals surface area contributed by atoms with E-state index in [4.69, 9.17) is 9.84 Å². The van der Waals surface area contributed by atoms with Crippen LogP contribution in [-0.2, 0) is 9.59 Å². The van der Waals surface area contributed by atoms with E-state index in [0.29, 0.717) is 53.5 Å². The molecule has 1 unspecified atom stereocenters. The molecule has 0 bridgehead atoms. The summed E-state index contributed by atoms with van der Waals surface area (Å²) in [5.74, 6) is -1.65. The van der Waals surface area contributed by atoms with Crippen molar-refractivity contribution in [3.8, 4) is 22.9 Å². The molecule has 218 valence electrons. The highest BCUT2D eigenvalue weighted by atomic mass is 19.1. The molecule has 1 fully saturated rings. The van der Waals surface area contributed by atoms with Crippen LogP contribution in [0.5, 0.6) is 11.5 Å². The molecule has 42 heavy (non-hydrogen) atoms. The summed E-state index contributed by atoms with van der Waals surface area (Å²) < 4.78 is 32.4. The molecule has 0 radical (unpaired) electrons. The van der Waals surface area contributed by atoms with Gasteiger partial charge in [-0.3, -0.25) is 19.4 Å². The van der Waals surface area contributed by atoms with Crippen molar-refractivity contribution in [1.29, 1.82) is 0 Å². The van der Waals surface area contributed by atoms with E-state index in [2.05, 4.69) is 20.6 Å². The molecule has 12 heteroatoms. The molecule has 2 aromatic heterocycles. The van der Waals surface area contributed by atoms with E-state index in [9.17, 15) is 23.2 Å². The van der Waals surface area contributed by atoms with Gasteiger partial charge >= 0.3 is 5.97 Å². The normalized spacial score (nSPS) is 14.0. The van der Waals surface area contributed by atoms with Crippen molar-refractivity contribution in [1.82, 2.24) is 14.9 Å². The van der Waals surface area contributed by atoms with Crippen LogP contribution in [0.1, 0.15) is 22.3 Å². The van der Waals surface area contributed by atoms with Gasteiger partial charge in [-0.15, -0.1) is 0 Å². The van der Waals surface area contributed by atoms with Crippen molar-refractivity contribution in [2.75, 3.05) is 30.8 Å². The maximum absolute atomic E-state index is 13.9. The Kier molecular flexibility index (Phi) is 9.48. The fraction of sp³-hybridized carbons (Fsp3) is 0.200. The molecule has 1 aliphatic heterocycles. The van der Waals surface area contributed by atoms with Crippen molar-refractivity contribution >= 4 is 29.7 Å². The summed E-state index contributed by atoms with van der Waals surface area (Å²) in [6, 6.07) is 14.1. The minimum Gasteiger partial charge on any atom is -0.481 e. The van der Waals surface area contributed by atoms with Crippen LogP contribution in [-0.4, -0.2) is 58.4 Å². The third kappa shape index (κ3) is 7.27. The van der Waals surface area contributed by atoms with Crippen molar-refractivity contribution < 1.29 is 33.0 Å². The molecule has 10 nitrogen and oxygen atoms in total. The molecular weight excluding hydrogens is 548 g/mol. The number of hydrogen-bond acceptors (Lipinski definition) is 6. The number of carboxylic acids is 1. The van der Waals surface area contributed by atoms with Gasteiger partial charge in [0.1, 0.15) is 23.1 Å². The number of nitrogens with one attached hydrogen (secondary N) is 3. The van der Waals surface area contributed by atoms with E-state index in [1.54, 1.807) is 66.8 Å². The fourth-order valence-electron chi connectivity index (χ4n) is 4.33. The molecule has 0 aliphatic carbocycles. The lowest BCUT2D eigenvalue weighted by molar-refractivity contribution is -0.141. The fourth-order valence-corrected chi connectivity index (χ4v) is 4.33. The molecule has 1 atom stereocenters. The average molecular weight is 578 g/mol. The van der Waals surface area contributed by atoms with Gasteiger partial charge in [0.2, 0.25) is 6.41 Å². The number of likely N-dealkylation sites (tertiary alicyclic amines) is 1. The molecule has 4 aromatic rings. The summed E-state index contributed by atoms with van der Waals surface area (Å²) in [5, 5.41) is 14.1. The zero-order chi connectivity index (χ0) is 30.2. The standard InChI is InChI=1S/C22H21FN4O4.C8H8FNO/c1-24-18-3-2-15(9-17(18)23)31-16-4-6-25-20(10-16)19-8-14(11-26-19)21(28)27-7-5-13(12-27)22(29)30;1-6-2-3-7(9)8(4-6)10-5-11/h2-4,6,8-11,13,24,26H,5,7,12H2,1H3,(H,29,30);2-5H,1H3,(H,10,11). The van der Waals surface area contributed by atoms with Gasteiger partial charge in [0.05, 0.1) is 34.2 Å². The van der Waals surface area contributed by atoms with Crippen molar-refractivity contribution in [3.63, 3.8) is 0 Å². The number of aliphatic carboxylic acids is 1. The van der Waals surface area contributed by atoms with Gasteiger partial charge in [0, 0.05) is 44.7 Å². The Hall–Kier alpha value is -5.26. The number of ether oxygens (including phenoxy) is 1. The molecule has 2 aromatic carbocycles. The first-order valence-corrected chi connectivity index (χ1v) is 13.0. The topological polar surface area (TPSA) is 137 Å². The van der Waals surface area contributed by atoms with Gasteiger partial charge < -0.3 is 30.4 Å². The first-order valence-electron chi connectivity index (χ1n) is 13.0. The van der Waals surface area contributed by atoms with Gasteiger partial charge in [0.25, 0.3) is 5.91 Å². The second kappa shape index (κ2) is 13.4. The summed E-state index contributed by atoms with van der Waals surface area (Å²) >= 11 is 0. The number of carbonyl (C=O) groups is 3. The number of H-pyrrole nitrogens is 1. The minimum absolute atomic E-state index is 0.207. The summed E-state index contributed by atoms with van der Waals surface area (Å²) in [5.41, 5.74) is 3.10. The third-order valence-electron chi connectivity index (χ3n) is 6.54. The van der Waals surface area contributed by atoms with E-state index < -0.39 is 23.5 Å². The predicted molar refractivity (Wildman–Crippen MR) is 153 cm³/mol. The van der Waals surface area contributed by atoms with Crippen LogP contribution < -0.4 is 15.4 Å². The molecule has 0 saturated carbocycles. The van der Waals surface area contributed by atoms with E-state index >= 15 is 0 Å². The smallest absolute Gasteiger partial charge is 0.308 e. The summed E-state index contributed by atoms with van der Waals surface area (Å²) in [6.07, 6.45) is 4.04. The number of nitrogens with zero attached hydrogens (tertiary/aromatic N) is 2. The van der Waals surface area contributed by atoms with Gasteiger partial charge in [-0.05, 0) is 55.3 Å². The SMILES string of the molecule is CNc1ccc(Oc2ccnc(-c3cc(C(=O)N4CCC(C(=O)O)C4)c[nH]3)c2)cc1F.Cc1ccc(F)c(NC=O)c1. The van der Waals surface area contributed by atoms with E-state index in [0.717, 1.165) is 5.56 Å². The number of aromatic nitrogens is 2. The predicted octanol–water partition coefficient (Wildman–Crippen LogP) is 5.30. The van der Waals surface area contributed by atoms with E-state index in [1.165, 1.54) is 12.1 Å². The number of pyridine rings is 1. The number of hydrogen-bond donors (Lipinski definition) is 4. The first kappa shape index (κ1) is 29.7. The zero-order valence-electron chi connectivity index (χ0n) is 22.9. The van der Waals surface area contributed by atoms with Crippen LogP contribution in [0, 0.1) is 24.5 Å². The number of benzene rings is 2. The third-order valence-corrected chi connectivity index (χ3v) is 6.54. The number of carboxylic acid groups (broad SMARTS) is 1. The quantitative estimate of drug-likeness (QED) is 0.209. The van der Waals surface area contributed by atoms with Crippen molar-refractivity contribution in [2.45, 2.75) is 13.3 Å². The largest absolute Gasteiger partial charge is 0.481 e. The number of aryl methyl sites for hydroxylation is 1. The van der Waals surface area contributed by atoms with E-state index in [-0.39, 0.29) is 18.1 Å². The maximum Gasteiger partial charge on any atom is 0.308 e. The molecule has 5 rings (SSSR count). The Morgan fingerprint density at radius 1 is 1.07 bits per heavy atom. The molecule has 1 aliphatic rings. The lowest BCUT2D eigenvalue weighted by Gasteiger charge is -2.14. The van der Waals surface area contributed by atoms with Crippen LogP contribution >= 0.6 is 0 Å². The number of anilines is 2. The zero-order valence-corrected chi connectivity index (χ0v) is 22.9. The van der Waals surface area contributed by atoms with Crippen molar-refractivity contribution in [3.05, 3.63) is 89.8 Å². The Bertz CT molecular complexity index is 1590. The highest BCUT2D eigenvalue weighted by Crippen LogP contribution is 2.28. The maximum atomic E-state index is 13.9. The van der Waals surface area contributed by atoms with Crippen LogP contribution in [0.15, 0.2) is 67.0 Å². The summed E-state index contributed by atoms with van der Waals surface area (Å²) in [7, 11) is 1.64. The second-order valence-corrected chi connectivity index (χ2v) is 9.49.